The van der Waals surface area contributed by atoms with Crippen LogP contribution in [0.4, 0.5) is 0 Å². The minimum absolute atomic E-state index is 0.173. The summed E-state index contributed by atoms with van der Waals surface area (Å²) in [7, 11) is 0. The molecule has 1 amide bonds. The summed E-state index contributed by atoms with van der Waals surface area (Å²) in [5, 5.41) is 4.01. The van der Waals surface area contributed by atoms with Crippen LogP contribution in [0.5, 0.6) is 5.75 Å². The van der Waals surface area contributed by atoms with Gasteiger partial charge in [-0.05, 0) is 49.9 Å². The molecule has 3 rings (SSSR count). The molecule has 1 aliphatic rings. The maximum atomic E-state index is 12.3. The van der Waals surface area contributed by atoms with Crippen LogP contribution in [-0.2, 0) is 11.2 Å². The maximum Gasteiger partial charge on any atom is 0.227 e. The Balaban J connectivity index is 1.55. The van der Waals surface area contributed by atoms with Crippen molar-refractivity contribution in [3.05, 3.63) is 30.2 Å². The second kappa shape index (κ2) is 8.14. The van der Waals surface area contributed by atoms with Crippen LogP contribution in [0.2, 0.25) is 0 Å². The van der Waals surface area contributed by atoms with Gasteiger partial charge in [-0.2, -0.15) is 4.98 Å². The summed E-state index contributed by atoms with van der Waals surface area (Å²) in [6.07, 6.45) is 3.19. The Labute approximate surface area is 148 Å². The van der Waals surface area contributed by atoms with E-state index in [0.717, 1.165) is 30.8 Å². The van der Waals surface area contributed by atoms with Crippen LogP contribution in [0.1, 0.15) is 39.0 Å². The second-order valence-corrected chi connectivity index (χ2v) is 6.56. The number of rotatable bonds is 6. The molecule has 1 saturated heterocycles. The lowest BCUT2D eigenvalue weighted by Crippen LogP contribution is -2.39. The number of aromatic nitrogens is 2. The number of ether oxygens (including phenoxy) is 1. The summed E-state index contributed by atoms with van der Waals surface area (Å²) in [4.78, 5) is 18.7. The van der Waals surface area contributed by atoms with Crippen LogP contribution < -0.4 is 4.74 Å². The highest BCUT2D eigenvalue weighted by atomic mass is 16.5. The Morgan fingerprint density at radius 3 is 2.88 bits per heavy atom. The predicted octanol–water partition coefficient (Wildman–Crippen LogP) is 3.33. The van der Waals surface area contributed by atoms with Gasteiger partial charge < -0.3 is 14.2 Å². The van der Waals surface area contributed by atoms with Crippen LogP contribution in [0.15, 0.2) is 28.8 Å². The Morgan fingerprint density at radius 2 is 2.16 bits per heavy atom. The molecule has 2 aromatic rings. The molecular formula is C19H25N3O3. The molecule has 1 aromatic carbocycles. The molecule has 0 spiro atoms. The van der Waals surface area contributed by atoms with E-state index in [1.54, 1.807) is 0 Å². The third-order valence-corrected chi connectivity index (χ3v) is 4.45. The average Bonchev–Trinajstić information content (AvgIpc) is 3.09. The van der Waals surface area contributed by atoms with Crippen LogP contribution in [0, 0.1) is 5.92 Å². The molecule has 1 aromatic heterocycles. The van der Waals surface area contributed by atoms with E-state index in [0.29, 0.717) is 37.1 Å². The minimum Gasteiger partial charge on any atom is -0.494 e. The number of nitrogens with zero attached hydrogens (tertiary/aromatic N) is 3. The number of aryl methyl sites for hydroxylation is 1. The molecular weight excluding hydrogens is 318 g/mol. The van der Waals surface area contributed by atoms with Crippen LogP contribution in [0.25, 0.3) is 11.4 Å². The van der Waals surface area contributed by atoms with E-state index in [2.05, 4.69) is 17.1 Å². The average molecular weight is 343 g/mol. The fourth-order valence-corrected chi connectivity index (χ4v) is 3.13. The molecule has 1 atom stereocenters. The van der Waals surface area contributed by atoms with Gasteiger partial charge in [-0.3, -0.25) is 4.79 Å². The van der Waals surface area contributed by atoms with Crippen molar-refractivity contribution in [2.24, 2.45) is 5.92 Å². The van der Waals surface area contributed by atoms with Crippen molar-refractivity contribution >= 4 is 5.91 Å². The Bertz CT molecular complexity index is 696. The van der Waals surface area contributed by atoms with E-state index in [9.17, 15) is 4.79 Å². The zero-order valence-corrected chi connectivity index (χ0v) is 14.9. The second-order valence-electron chi connectivity index (χ2n) is 6.56. The van der Waals surface area contributed by atoms with Gasteiger partial charge in [0.2, 0.25) is 17.6 Å². The summed E-state index contributed by atoms with van der Waals surface area (Å²) in [6.45, 7) is 6.51. The monoisotopic (exact) mass is 343 g/mol. The number of hydrogen-bond donors (Lipinski definition) is 0. The number of amides is 1. The summed E-state index contributed by atoms with van der Waals surface area (Å²) in [5.74, 6) is 2.62. The number of carbonyl (C=O) groups is 1. The minimum atomic E-state index is 0.173. The van der Waals surface area contributed by atoms with Crippen molar-refractivity contribution in [2.75, 3.05) is 19.7 Å². The van der Waals surface area contributed by atoms with Gasteiger partial charge in [0, 0.05) is 31.5 Å². The normalized spacial score (nSPS) is 17.5. The molecule has 0 N–H and O–H groups in total. The highest BCUT2D eigenvalue weighted by Gasteiger charge is 2.21. The number of carbonyl (C=O) groups excluding carboxylic acids is 1. The molecule has 6 nitrogen and oxygen atoms in total. The highest BCUT2D eigenvalue weighted by Crippen LogP contribution is 2.21. The van der Waals surface area contributed by atoms with E-state index in [1.807, 2.05) is 36.1 Å². The van der Waals surface area contributed by atoms with E-state index in [-0.39, 0.29) is 5.91 Å². The van der Waals surface area contributed by atoms with Crippen LogP contribution in [-0.4, -0.2) is 40.6 Å². The van der Waals surface area contributed by atoms with E-state index in [4.69, 9.17) is 9.26 Å². The Morgan fingerprint density at radius 1 is 1.36 bits per heavy atom. The summed E-state index contributed by atoms with van der Waals surface area (Å²) in [6, 6.07) is 7.58. The number of benzene rings is 1. The molecule has 1 aliphatic heterocycles. The lowest BCUT2D eigenvalue weighted by atomic mass is 10.00. The summed E-state index contributed by atoms with van der Waals surface area (Å²) >= 11 is 0. The Kier molecular flexibility index (Phi) is 5.68. The van der Waals surface area contributed by atoms with Crippen molar-refractivity contribution in [1.29, 1.82) is 0 Å². The van der Waals surface area contributed by atoms with Crippen molar-refractivity contribution in [3.63, 3.8) is 0 Å². The topological polar surface area (TPSA) is 68.5 Å². The number of hydrogen-bond acceptors (Lipinski definition) is 5. The first kappa shape index (κ1) is 17.5. The van der Waals surface area contributed by atoms with Gasteiger partial charge >= 0.3 is 0 Å². The van der Waals surface area contributed by atoms with Crippen molar-refractivity contribution < 1.29 is 14.1 Å². The first-order chi connectivity index (χ1) is 12.2. The van der Waals surface area contributed by atoms with E-state index in [1.165, 1.54) is 6.42 Å². The highest BCUT2D eigenvalue weighted by molar-refractivity contribution is 5.76. The van der Waals surface area contributed by atoms with Crippen molar-refractivity contribution in [2.45, 2.75) is 39.5 Å². The molecule has 134 valence electrons. The predicted molar refractivity (Wildman–Crippen MR) is 94.2 cm³/mol. The van der Waals surface area contributed by atoms with Crippen molar-refractivity contribution in [1.82, 2.24) is 15.0 Å². The SMILES string of the molecule is CCOc1ccc(-c2noc(CCC(=O)N3CCCC(C)C3)n2)cc1. The first-order valence-corrected chi connectivity index (χ1v) is 8.99. The summed E-state index contributed by atoms with van der Waals surface area (Å²) in [5.41, 5.74) is 0.870. The lowest BCUT2D eigenvalue weighted by Gasteiger charge is -2.30. The van der Waals surface area contributed by atoms with Crippen molar-refractivity contribution in [3.8, 4) is 17.1 Å². The maximum absolute atomic E-state index is 12.3. The number of piperidine rings is 1. The standard InChI is InChI=1S/C19H25N3O3/c1-3-24-16-8-6-15(7-9-16)19-20-17(25-21-19)10-11-18(23)22-12-4-5-14(2)13-22/h6-9,14H,3-5,10-13H2,1-2H3. The molecule has 1 unspecified atom stereocenters. The van der Waals surface area contributed by atoms with Gasteiger partial charge in [0.25, 0.3) is 0 Å². The molecule has 25 heavy (non-hydrogen) atoms. The largest absolute Gasteiger partial charge is 0.494 e. The van der Waals surface area contributed by atoms with Crippen LogP contribution in [0.3, 0.4) is 0 Å². The molecule has 0 aliphatic carbocycles. The van der Waals surface area contributed by atoms with Gasteiger partial charge in [0.05, 0.1) is 6.61 Å². The molecule has 1 fully saturated rings. The van der Waals surface area contributed by atoms with Gasteiger partial charge in [-0.25, -0.2) is 0 Å². The van der Waals surface area contributed by atoms with E-state index < -0.39 is 0 Å². The lowest BCUT2D eigenvalue weighted by molar-refractivity contribution is -0.132. The fraction of sp³-hybridized carbons (Fsp3) is 0.526. The van der Waals surface area contributed by atoms with Gasteiger partial charge in [0.15, 0.2) is 0 Å². The van der Waals surface area contributed by atoms with Gasteiger partial charge in [0.1, 0.15) is 5.75 Å². The summed E-state index contributed by atoms with van der Waals surface area (Å²) < 4.78 is 10.7. The Hall–Kier alpha value is -2.37. The first-order valence-electron chi connectivity index (χ1n) is 8.99. The zero-order valence-electron chi connectivity index (χ0n) is 14.9. The number of likely N-dealkylation sites (tertiary alicyclic amines) is 1. The fourth-order valence-electron chi connectivity index (χ4n) is 3.13. The molecule has 0 bridgehead atoms. The van der Waals surface area contributed by atoms with Gasteiger partial charge in [-0.15, -0.1) is 0 Å². The third-order valence-electron chi connectivity index (χ3n) is 4.45. The quantitative estimate of drug-likeness (QED) is 0.805. The van der Waals surface area contributed by atoms with Crippen LogP contribution >= 0.6 is 0 Å². The molecule has 6 heteroatoms. The third kappa shape index (κ3) is 4.59. The molecule has 2 heterocycles. The van der Waals surface area contributed by atoms with Gasteiger partial charge in [-0.1, -0.05) is 12.1 Å². The molecule has 0 saturated carbocycles. The zero-order chi connectivity index (χ0) is 17.6. The van der Waals surface area contributed by atoms with E-state index >= 15 is 0 Å². The smallest absolute Gasteiger partial charge is 0.227 e. The molecule has 0 radical (unpaired) electrons.